The molecule has 2 rings (SSSR count). The highest BCUT2D eigenvalue weighted by atomic mass is 16.8. The molecule has 0 aromatic carbocycles. The summed E-state index contributed by atoms with van der Waals surface area (Å²) < 4.78 is 19.3. The van der Waals surface area contributed by atoms with Crippen molar-refractivity contribution in [2.24, 2.45) is 0 Å². The van der Waals surface area contributed by atoms with E-state index in [4.69, 9.17) is 14.2 Å². The highest BCUT2D eigenvalue weighted by molar-refractivity contribution is 5.67. The predicted molar refractivity (Wildman–Crippen MR) is 231 cm³/mol. The minimum Gasteiger partial charge on any atom is -0.448 e. The third-order valence-electron chi connectivity index (χ3n) is 10.8. The van der Waals surface area contributed by atoms with E-state index >= 15 is 0 Å². The van der Waals surface area contributed by atoms with E-state index in [1.54, 1.807) is 0 Å². The zero-order chi connectivity index (χ0) is 38.8. The normalized spacial score (nSPS) is 20.9. The van der Waals surface area contributed by atoms with Gasteiger partial charge in [-0.3, -0.25) is 0 Å². The molecule has 2 unspecified atom stereocenters. The second-order valence-corrected chi connectivity index (χ2v) is 16.2. The Bertz CT molecular complexity index is 1060. The molecule has 6 heteroatoms. The fourth-order valence-electron chi connectivity index (χ4n) is 7.52. The van der Waals surface area contributed by atoms with Crippen LogP contribution in [0.25, 0.3) is 0 Å². The molecular formula is C48H84N2O4. The van der Waals surface area contributed by atoms with E-state index in [2.05, 4.69) is 74.6 Å². The number of hydrogen-bond acceptors (Lipinski definition) is 5. The van der Waals surface area contributed by atoms with Gasteiger partial charge < -0.3 is 24.0 Å². The number of hydrogen-bond donors (Lipinski definition) is 0. The van der Waals surface area contributed by atoms with Gasteiger partial charge in [0.2, 0.25) is 0 Å². The minimum absolute atomic E-state index is 0.218. The highest BCUT2D eigenvalue weighted by Gasteiger charge is 2.52. The zero-order valence-electron chi connectivity index (χ0n) is 35.7. The lowest BCUT2D eigenvalue weighted by molar-refractivity contribution is -0.204. The van der Waals surface area contributed by atoms with E-state index in [-0.39, 0.29) is 6.09 Å². The Kier molecular flexibility index (Phi) is 28.4. The van der Waals surface area contributed by atoms with E-state index in [0.717, 1.165) is 77.3 Å². The van der Waals surface area contributed by atoms with Gasteiger partial charge in [-0.15, -0.1) is 0 Å². The SMILES string of the molecule is CCC=CCC=CCC=CCCCCCCCCC1(CCCCCCCCC=CCC=CCCCCC)OCC2(CCCN(C(=O)OCCN(C)C)C2)O1. The fraction of sp³-hybridized carbons (Fsp3) is 0.771. The van der Waals surface area contributed by atoms with Crippen LogP contribution >= 0.6 is 0 Å². The van der Waals surface area contributed by atoms with Gasteiger partial charge in [-0.25, -0.2) is 4.79 Å². The number of ether oxygens (including phenoxy) is 3. The molecule has 0 bridgehead atoms. The van der Waals surface area contributed by atoms with Crippen LogP contribution in [-0.2, 0) is 14.2 Å². The molecule has 2 aliphatic rings. The lowest BCUT2D eigenvalue weighted by Gasteiger charge is -2.40. The van der Waals surface area contributed by atoms with Crippen molar-refractivity contribution in [3.05, 3.63) is 60.8 Å². The van der Waals surface area contributed by atoms with Crippen LogP contribution < -0.4 is 0 Å². The van der Waals surface area contributed by atoms with Gasteiger partial charge in [0, 0.05) is 25.9 Å². The maximum atomic E-state index is 12.9. The first-order valence-corrected chi connectivity index (χ1v) is 22.6. The smallest absolute Gasteiger partial charge is 0.409 e. The number of piperidine rings is 1. The van der Waals surface area contributed by atoms with Crippen LogP contribution in [0.3, 0.4) is 0 Å². The van der Waals surface area contributed by atoms with Crippen molar-refractivity contribution >= 4 is 6.09 Å². The molecule has 54 heavy (non-hydrogen) atoms. The summed E-state index contributed by atoms with van der Waals surface area (Å²) >= 11 is 0. The molecule has 1 spiro atoms. The quantitative estimate of drug-likeness (QED) is 0.0506. The number of nitrogens with zero attached hydrogens (tertiary/aromatic N) is 2. The molecule has 0 saturated carbocycles. The molecule has 2 atom stereocenters. The van der Waals surface area contributed by atoms with Crippen LogP contribution in [0.2, 0.25) is 0 Å². The number of carbonyl (C=O) groups excluding carboxylic acids is 1. The molecule has 0 aromatic heterocycles. The maximum Gasteiger partial charge on any atom is 0.409 e. The Hall–Kier alpha value is -2.15. The van der Waals surface area contributed by atoms with Crippen molar-refractivity contribution in [3.63, 3.8) is 0 Å². The summed E-state index contributed by atoms with van der Waals surface area (Å²) in [5.74, 6) is -0.515. The Morgan fingerprint density at radius 3 is 1.70 bits per heavy atom. The van der Waals surface area contributed by atoms with E-state index < -0.39 is 11.4 Å². The van der Waals surface area contributed by atoms with E-state index in [1.807, 2.05) is 23.9 Å². The predicted octanol–water partition coefficient (Wildman–Crippen LogP) is 13.4. The van der Waals surface area contributed by atoms with Crippen molar-refractivity contribution < 1.29 is 19.0 Å². The van der Waals surface area contributed by atoms with Crippen LogP contribution in [0.15, 0.2) is 60.8 Å². The molecule has 0 radical (unpaired) electrons. The fourth-order valence-corrected chi connectivity index (χ4v) is 7.52. The van der Waals surface area contributed by atoms with Crippen molar-refractivity contribution in [1.82, 2.24) is 9.80 Å². The molecule has 2 aliphatic heterocycles. The van der Waals surface area contributed by atoms with Crippen molar-refractivity contribution in [2.45, 2.75) is 192 Å². The van der Waals surface area contributed by atoms with Crippen molar-refractivity contribution in [3.8, 4) is 0 Å². The molecule has 0 aliphatic carbocycles. The Morgan fingerprint density at radius 1 is 0.667 bits per heavy atom. The van der Waals surface area contributed by atoms with Gasteiger partial charge in [-0.1, -0.05) is 139 Å². The van der Waals surface area contributed by atoms with Gasteiger partial charge in [-0.2, -0.15) is 0 Å². The Morgan fingerprint density at radius 2 is 1.17 bits per heavy atom. The molecule has 6 nitrogen and oxygen atoms in total. The van der Waals surface area contributed by atoms with Crippen molar-refractivity contribution in [2.75, 3.05) is 46.9 Å². The highest BCUT2D eigenvalue weighted by Crippen LogP contribution is 2.43. The average molecular weight is 753 g/mol. The number of likely N-dealkylation sites (N-methyl/N-ethyl adjacent to an activating group) is 1. The minimum atomic E-state index is -0.515. The monoisotopic (exact) mass is 753 g/mol. The van der Waals surface area contributed by atoms with Crippen LogP contribution in [0.1, 0.15) is 181 Å². The largest absolute Gasteiger partial charge is 0.448 e. The van der Waals surface area contributed by atoms with Gasteiger partial charge in [0.15, 0.2) is 5.79 Å². The molecule has 2 heterocycles. The first kappa shape index (κ1) is 48.0. The molecule has 2 saturated heterocycles. The summed E-state index contributed by atoms with van der Waals surface area (Å²) in [5, 5.41) is 0. The van der Waals surface area contributed by atoms with Crippen LogP contribution in [-0.4, -0.2) is 74.2 Å². The van der Waals surface area contributed by atoms with E-state index in [0.29, 0.717) is 19.8 Å². The van der Waals surface area contributed by atoms with Crippen LogP contribution in [0.4, 0.5) is 4.79 Å². The zero-order valence-corrected chi connectivity index (χ0v) is 35.7. The second kappa shape index (κ2) is 32.0. The summed E-state index contributed by atoms with van der Waals surface area (Å²) in [5.41, 5.74) is -0.410. The molecule has 2 fully saturated rings. The first-order valence-electron chi connectivity index (χ1n) is 22.6. The maximum absolute atomic E-state index is 12.9. The van der Waals surface area contributed by atoms with E-state index in [9.17, 15) is 4.79 Å². The number of amides is 1. The molecule has 310 valence electrons. The lowest BCUT2D eigenvalue weighted by Crippen LogP contribution is -2.53. The number of carbonyl (C=O) groups is 1. The third kappa shape index (κ3) is 23.7. The molecule has 0 N–H and O–H groups in total. The Labute approximate surface area is 333 Å². The second-order valence-electron chi connectivity index (χ2n) is 16.2. The van der Waals surface area contributed by atoms with Crippen molar-refractivity contribution in [1.29, 1.82) is 0 Å². The summed E-state index contributed by atoms with van der Waals surface area (Å²) in [6.45, 7) is 7.46. The number of allylic oxidation sites excluding steroid dienone is 10. The molecule has 0 aromatic rings. The van der Waals surface area contributed by atoms with Crippen LogP contribution in [0, 0.1) is 0 Å². The number of likely N-dealkylation sites (tertiary alicyclic amines) is 1. The summed E-state index contributed by atoms with van der Waals surface area (Å²) in [4.78, 5) is 16.8. The number of rotatable bonds is 32. The van der Waals surface area contributed by atoms with Gasteiger partial charge >= 0.3 is 6.09 Å². The molecule has 1 amide bonds. The summed E-state index contributed by atoms with van der Waals surface area (Å²) in [6, 6.07) is 0. The summed E-state index contributed by atoms with van der Waals surface area (Å²) in [6.07, 6.45) is 53.5. The summed E-state index contributed by atoms with van der Waals surface area (Å²) in [7, 11) is 3.99. The Balaban J connectivity index is 1.72. The van der Waals surface area contributed by atoms with Gasteiger partial charge in [0.1, 0.15) is 12.2 Å². The lowest BCUT2D eigenvalue weighted by atomic mass is 9.93. The average Bonchev–Trinajstić information content (AvgIpc) is 3.50. The number of unbranched alkanes of at least 4 members (excludes halogenated alkanes) is 15. The third-order valence-corrected chi connectivity index (χ3v) is 10.8. The van der Waals surface area contributed by atoms with Gasteiger partial charge in [0.25, 0.3) is 0 Å². The van der Waals surface area contributed by atoms with Gasteiger partial charge in [-0.05, 0) is 104 Å². The topological polar surface area (TPSA) is 51.2 Å². The molecular weight excluding hydrogens is 669 g/mol. The standard InChI is InChI=1S/C48H84N2O4/c1-5-7-9-11-13-15-17-19-21-23-25-27-29-31-33-35-39-48(40-36-34-32-30-28-26-24-22-20-18-16-14-12-10-8-6-2)53-45-47(54-48)38-37-41-50(44-47)46(51)52-43-42-49(3)4/h7,9,13-16,19-22H,5-6,8,10-12,17-18,23-45H2,1-4H3. The van der Waals surface area contributed by atoms with Gasteiger partial charge in [0.05, 0.1) is 13.2 Å². The van der Waals surface area contributed by atoms with E-state index in [1.165, 1.54) is 103 Å². The first-order chi connectivity index (χ1) is 26.4. The van der Waals surface area contributed by atoms with Crippen LogP contribution in [0.5, 0.6) is 0 Å².